The Morgan fingerprint density at radius 2 is 1.74 bits per heavy atom. The number of nitrogens with one attached hydrogen (secondary N) is 2. The molecule has 0 saturated heterocycles. The number of rotatable bonds is 9. The first kappa shape index (κ1) is 26.7. The van der Waals surface area contributed by atoms with Gasteiger partial charge in [-0.15, -0.1) is 0 Å². The van der Waals surface area contributed by atoms with Crippen molar-refractivity contribution in [2.24, 2.45) is 0 Å². The number of carboxylic acids is 1. The Hall–Kier alpha value is -3.59. The average molecular weight is 491 g/mol. The van der Waals surface area contributed by atoms with Gasteiger partial charge in [-0.3, -0.25) is 9.59 Å². The van der Waals surface area contributed by atoms with Crippen LogP contribution in [0.3, 0.4) is 0 Å². The van der Waals surface area contributed by atoms with Crippen LogP contribution < -0.4 is 10.6 Å². The van der Waals surface area contributed by atoms with Crippen LogP contribution in [0.5, 0.6) is 0 Å². The molecule has 0 aromatic heterocycles. The summed E-state index contributed by atoms with van der Waals surface area (Å²) in [7, 11) is 0. The fourth-order valence-electron chi connectivity index (χ4n) is 2.85. The van der Waals surface area contributed by atoms with E-state index in [-0.39, 0.29) is 35.7 Å². The lowest BCUT2D eigenvalue weighted by Gasteiger charge is -2.22. The zero-order valence-corrected chi connectivity index (χ0v) is 19.8. The number of benzene rings is 2. The molecule has 0 heterocycles. The van der Waals surface area contributed by atoms with E-state index < -0.39 is 35.6 Å². The highest BCUT2D eigenvalue weighted by atomic mass is 35.5. The van der Waals surface area contributed by atoms with E-state index in [9.17, 15) is 24.3 Å². The zero-order chi connectivity index (χ0) is 25.3. The van der Waals surface area contributed by atoms with Crippen molar-refractivity contribution < 1.29 is 33.8 Å². The number of ether oxygens (including phenoxy) is 2. The average Bonchev–Trinajstić information content (AvgIpc) is 2.75. The minimum Gasteiger partial charge on any atom is -0.478 e. The predicted molar refractivity (Wildman–Crippen MR) is 126 cm³/mol. The second kappa shape index (κ2) is 12.0. The molecule has 0 aliphatic rings. The van der Waals surface area contributed by atoms with Gasteiger partial charge in [-0.1, -0.05) is 41.9 Å². The van der Waals surface area contributed by atoms with Crippen LogP contribution in [0.4, 0.5) is 10.5 Å². The highest BCUT2D eigenvalue weighted by Gasteiger charge is 2.26. The molecule has 3 N–H and O–H groups in total. The summed E-state index contributed by atoms with van der Waals surface area (Å²) < 4.78 is 10.4. The highest BCUT2D eigenvalue weighted by molar-refractivity contribution is 6.31. The van der Waals surface area contributed by atoms with Crippen LogP contribution in [0.25, 0.3) is 0 Å². The van der Waals surface area contributed by atoms with Crippen LogP contribution >= 0.6 is 11.6 Å². The van der Waals surface area contributed by atoms with Gasteiger partial charge >= 0.3 is 18.0 Å². The molecule has 34 heavy (non-hydrogen) atoms. The smallest absolute Gasteiger partial charge is 0.408 e. The number of amides is 2. The molecule has 0 bridgehead atoms. The summed E-state index contributed by atoms with van der Waals surface area (Å²) in [5, 5.41) is 14.5. The Labute approximate surface area is 202 Å². The van der Waals surface area contributed by atoms with E-state index in [1.807, 2.05) is 6.07 Å². The number of hydrogen-bond donors (Lipinski definition) is 3. The Morgan fingerprint density at radius 3 is 2.35 bits per heavy atom. The molecule has 0 aliphatic heterocycles. The van der Waals surface area contributed by atoms with Gasteiger partial charge in [0.1, 0.15) is 18.2 Å². The van der Waals surface area contributed by atoms with Crippen LogP contribution in [-0.2, 0) is 25.7 Å². The largest absolute Gasteiger partial charge is 0.478 e. The fourth-order valence-corrected chi connectivity index (χ4v) is 3.02. The lowest BCUT2D eigenvalue weighted by Crippen LogP contribution is -2.44. The number of hydrogen-bond acceptors (Lipinski definition) is 6. The summed E-state index contributed by atoms with van der Waals surface area (Å²) in [6, 6.07) is 11.7. The molecule has 0 spiro atoms. The molecule has 1 unspecified atom stereocenters. The number of alkyl carbamates (subject to hydrolysis) is 1. The minimum atomic E-state index is -1.29. The third-order valence-corrected chi connectivity index (χ3v) is 4.58. The SMILES string of the molecule is CC(C)(C)OC(=O)CCC(NC(=O)OCc1ccccc1)C(=O)Nc1ccc(Cl)cc1C(=O)O. The molecule has 0 aliphatic carbocycles. The number of anilines is 1. The normalized spacial score (nSPS) is 11.8. The van der Waals surface area contributed by atoms with E-state index in [0.29, 0.717) is 0 Å². The number of carbonyl (C=O) groups excluding carboxylic acids is 3. The van der Waals surface area contributed by atoms with Crippen LogP contribution in [0, 0.1) is 0 Å². The summed E-state index contributed by atoms with van der Waals surface area (Å²) in [5.74, 6) is -2.58. The van der Waals surface area contributed by atoms with E-state index >= 15 is 0 Å². The van der Waals surface area contributed by atoms with Crippen molar-refractivity contribution in [3.63, 3.8) is 0 Å². The van der Waals surface area contributed by atoms with E-state index in [4.69, 9.17) is 21.1 Å². The monoisotopic (exact) mass is 490 g/mol. The quantitative estimate of drug-likeness (QED) is 0.444. The molecule has 1 atom stereocenters. The molecule has 9 nitrogen and oxygen atoms in total. The van der Waals surface area contributed by atoms with Crippen molar-refractivity contribution in [2.75, 3.05) is 5.32 Å². The first-order chi connectivity index (χ1) is 15.9. The molecule has 182 valence electrons. The number of carbonyl (C=O) groups is 4. The highest BCUT2D eigenvalue weighted by Crippen LogP contribution is 2.21. The predicted octanol–water partition coefficient (Wildman–Crippen LogP) is 4.39. The minimum absolute atomic E-state index is 0.0105. The van der Waals surface area contributed by atoms with Crippen molar-refractivity contribution in [3.8, 4) is 0 Å². The third-order valence-electron chi connectivity index (χ3n) is 4.35. The van der Waals surface area contributed by atoms with Crippen molar-refractivity contribution in [1.82, 2.24) is 5.32 Å². The third kappa shape index (κ3) is 9.11. The van der Waals surface area contributed by atoms with E-state index in [1.54, 1.807) is 45.0 Å². The first-order valence-electron chi connectivity index (χ1n) is 10.5. The zero-order valence-electron chi connectivity index (χ0n) is 19.1. The summed E-state index contributed by atoms with van der Waals surface area (Å²) >= 11 is 5.85. The van der Waals surface area contributed by atoms with Gasteiger partial charge in [-0.25, -0.2) is 9.59 Å². The summed E-state index contributed by atoms with van der Waals surface area (Å²) in [6.45, 7) is 5.11. The van der Waals surface area contributed by atoms with Gasteiger partial charge in [0.2, 0.25) is 5.91 Å². The standard InChI is InChI=1S/C24H27ClN2O7/c1-24(2,3)34-20(28)12-11-19(27-23(32)33-14-15-7-5-4-6-8-15)21(29)26-18-10-9-16(25)13-17(18)22(30)31/h4-10,13,19H,11-12,14H2,1-3H3,(H,26,29)(H,27,32)(H,30,31). The van der Waals surface area contributed by atoms with Gasteiger partial charge in [0, 0.05) is 11.4 Å². The van der Waals surface area contributed by atoms with Crippen LogP contribution in [-0.4, -0.2) is 40.7 Å². The van der Waals surface area contributed by atoms with Crippen molar-refractivity contribution in [3.05, 3.63) is 64.7 Å². The fraction of sp³-hybridized carbons (Fsp3) is 0.333. The molecular formula is C24H27ClN2O7. The van der Waals surface area contributed by atoms with Gasteiger partial charge in [-0.05, 0) is 51.0 Å². The van der Waals surface area contributed by atoms with Crippen LogP contribution in [0.15, 0.2) is 48.5 Å². The number of carboxylic acid groups (broad SMARTS) is 1. The number of aromatic carboxylic acids is 1. The Morgan fingerprint density at radius 1 is 1.06 bits per heavy atom. The molecule has 2 rings (SSSR count). The maximum Gasteiger partial charge on any atom is 0.408 e. The maximum absolute atomic E-state index is 12.9. The molecule has 2 amide bonds. The van der Waals surface area contributed by atoms with Gasteiger partial charge in [0.25, 0.3) is 0 Å². The summed E-state index contributed by atoms with van der Waals surface area (Å²) in [4.78, 5) is 48.9. The second-order valence-corrected chi connectivity index (χ2v) is 8.80. The van der Waals surface area contributed by atoms with Gasteiger partial charge in [0.05, 0.1) is 11.3 Å². The van der Waals surface area contributed by atoms with Crippen molar-refractivity contribution >= 4 is 41.2 Å². The van der Waals surface area contributed by atoms with Crippen molar-refractivity contribution in [1.29, 1.82) is 0 Å². The molecule has 2 aromatic rings. The maximum atomic E-state index is 12.9. The molecule has 10 heteroatoms. The summed E-state index contributed by atoms with van der Waals surface area (Å²) in [5.41, 5.74) is -0.196. The molecular weight excluding hydrogens is 464 g/mol. The van der Waals surface area contributed by atoms with Gasteiger partial charge in [0.15, 0.2) is 0 Å². The van der Waals surface area contributed by atoms with Crippen molar-refractivity contribution in [2.45, 2.75) is 51.9 Å². The Balaban J connectivity index is 2.11. The topological polar surface area (TPSA) is 131 Å². The summed E-state index contributed by atoms with van der Waals surface area (Å²) in [6.07, 6.45) is -1.14. The molecule has 0 fully saturated rings. The van der Waals surface area contributed by atoms with E-state index in [1.165, 1.54) is 18.2 Å². The van der Waals surface area contributed by atoms with E-state index in [2.05, 4.69) is 10.6 Å². The number of halogens is 1. The van der Waals surface area contributed by atoms with Crippen LogP contribution in [0.2, 0.25) is 5.02 Å². The Bertz CT molecular complexity index is 1040. The lowest BCUT2D eigenvalue weighted by atomic mass is 10.1. The van der Waals surface area contributed by atoms with E-state index in [0.717, 1.165) is 5.56 Å². The first-order valence-corrected chi connectivity index (χ1v) is 10.8. The number of esters is 1. The molecule has 0 radical (unpaired) electrons. The molecule has 2 aromatic carbocycles. The Kier molecular flexibility index (Phi) is 9.44. The lowest BCUT2D eigenvalue weighted by molar-refractivity contribution is -0.155. The van der Waals surface area contributed by atoms with Gasteiger partial charge < -0.3 is 25.2 Å². The van der Waals surface area contributed by atoms with Gasteiger partial charge in [-0.2, -0.15) is 0 Å². The van der Waals surface area contributed by atoms with Crippen LogP contribution in [0.1, 0.15) is 49.5 Å². The molecule has 0 saturated carbocycles. The second-order valence-electron chi connectivity index (χ2n) is 8.37.